The van der Waals surface area contributed by atoms with Crippen molar-refractivity contribution in [2.24, 2.45) is 5.41 Å². The van der Waals surface area contributed by atoms with Gasteiger partial charge in [-0.1, -0.05) is 13.3 Å². The molecule has 1 rings (SSSR count). The lowest BCUT2D eigenvalue weighted by Gasteiger charge is -2.41. The monoisotopic (exact) mass is 173 g/mol. The van der Waals surface area contributed by atoms with Crippen LogP contribution in [-0.4, -0.2) is 19.8 Å². The van der Waals surface area contributed by atoms with Gasteiger partial charge in [-0.15, -0.1) is 0 Å². The molecule has 0 saturated heterocycles. The lowest BCUT2D eigenvalue weighted by molar-refractivity contribution is 0.124. The molecule has 0 unspecified atom stereocenters. The Morgan fingerprint density at radius 2 is 2.17 bits per heavy atom. The van der Waals surface area contributed by atoms with Crippen molar-refractivity contribution in [3.05, 3.63) is 0 Å². The third-order valence-electron chi connectivity index (χ3n) is 3.15. The molecule has 1 aliphatic rings. The normalized spacial score (nSPS) is 20.5. The zero-order chi connectivity index (χ0) is 8.86. The number of hydrogen-bond acceptors (Lipinski definition) is 1. The average molecular weight is 173 g/mol. The van der Waals surface area contributed by atoms with E-state index in [1.54, 1.807) is 0 Å². The van der Waals surface area contributed by atoms with E-state index < -0.39 is 0 Å². The van der Waals surface area contributed by atoms with Gasteiger partial charge in [0.2, 0.25) is 0 Å². The van der Waals surface area contributed by atoms with Crippen LogP contribution < -0.4 is 5.32 Å². The van der Waals surface area contributed by atoms with E-state index in [0.717, 1.165) is 13.1 Å². The van der Waals surface area contributed by atoms with E-state index in [0.29, 0.717) is 11.8 Å². The van der Waals surface area contributed by atoms with E-state index in [1.807, 2.05) is 0 Å². The molecule has 0 bridgehead atoms. The lowest BCUT2D eigenvalue weighted by Crippen LogP contribution is -2.39. The molecular weight excluding hydrogens is 153 g/mol. The molecule has 0 aromatic rings. The van der Waals surface area contributed by atoms with Gasteiger partial charge in [-0.3, -0.25) is 4.39 Å². The van der Waals surface area contributed by atoms with Crippen LogP contribution in [0.3, 0.4) is 0 Å². The van der Waals surface area contributed by atoms with Gasteiger partial charge in [0.1, 0.15) is 0 Å². The molecule has 1 saturated carbocycles. The fourth-order valence-electron chi connectivity index (χ4n) is 1.88. The van der Waals surface area contributed by atoms with Crippen molar-refractivity contribution in [2.75, 3.05) is 19.8 Å². The zero-order valence-electron chi connectivity index (χ0n) is 8.03. The van der Waals surface area contributed by atoms with E-state index in [4.69, 9.17) is 0 Å². The second-order valence-corrected chi connectivity index (χ2v) is 3.93. The van der Waals surface area contributed by atoms with Gasteiger partial charge < -0.3 is 5.32 Å². The van der Waals surface area contributed by atoms with Crippen molar-refractivity contribution >= 4 is 0 Å². The van der Waals surface area contributed by atoms with Gasteiger partial charge >= 0.3 is 0 Å². The molecule has 0 amide bonds. The fraction of sp³-hybridized carbons (Fsp3) is 1.00. The summed E-state index contributed by atoms with van der Waals surface area (Å²) in [5, 5.41) is 3.34. The standard InChI is InChI=1S/C10H20FN/c1-2-10(5-3-6-10)9-12-8-4-7-11/h12H,2-9H2,1H3. The quantitative estimate of drug-likeness (QED) is 0.609. The van der Waals surface area contributed by atoms with Crippen molar-refractivity contribution in [2.45, 2.75) is 39.0 Å². The Labute approximate surface area is 74.7 Å². The van der Waals surface area contributed by atoms with Gasteiger partial charge in [-0.05, 0) is 37.6 Å². The van der Waals surface area contributed by atoms with E-state index in [9.17, 15) is 4.39 Å². The highest BCUT2D eigenvalue weighted by Crippen LogP contribution is 2.42. The number of nitrogens with one attached hydrogen (secondary N) is 1. The molecule has 0 radical (unpaired) electrons. The minimum absolute atomic E-state index is 0.188. The Morgan fingerprint density at radius 1 is 1.42 bits per heavy atom. The summed E-state index contributed by atoms with van der Waals surface area (Å²) in [5.74, 6) is 0. The van der Waals surface area contributed by atoms with Crippen LogP contribution in [0.25, 0.3) is 0 Å². The van der Waals surface area contributed by atoms with Crippen molar-refractivity contribution in [3.8, 4) is 0 Å². The highest BCUT2D eigenvalue weighted by atomic mass is 19.1. The van der Waals surface area contributed by atoms with Crippen LogP contribution in [0.1, 0.15) is 39.0 Å². The minimum atomic E-state index is -0.188. The van der Waals surface area contributed by atoms with E-state index in [2.05, 4.69) is 12.2 Å². The van der Waals surface area contributed by atoms with Crippen LogP contribution in [-0.2, 0) is 0 Å². The molecule has 0 spiro atoms. The molecule has 0 aromatic carbocycles. The number of rotatable bonds is 6. The van der Waals surface area contributed by atoms with Gasteiger partial charge in [0.15, 0.2) is 0 Å². The molecule has 2 heteroatoms. The van der Waals surface area contributed by atoms with Gasteiger partial charge in [0, 0.05) is 6.54 Å². The van der Waals surface area contributed by atoms with Crippen molar-refractivity contribution < 1.29 is 4.39 Å². The van der Waals surface area contributed by atoms with Crippen LogP contribution in [0.4, 0.5) is 4.39 Å². The molecule has 0 heterocycles. The van der Waals surface area contributed by atoms with Crippen LogP contribution >= 0.6 is 0 Å². The second kappa shape index (κ2) is 4.80. The van der Waals surface area contributed by atoms with Crippen molar-refractivity contribution in [1.82, 2.24) is 5.32 Å². The summed E-state index contributed by atoms with van der Waals surface area (Å²) in [6.45, 7) is 4.02. The Bertz CT molecular complexity index is 115. The molecule has 72 valence electrons. The highest BCUT2D eigenvalue weighted by Gasteiger charge is 2.34. The lowest BCUT2D eigenvalue weighted by atomic mass is 9.67. The van der Waals surface area contributed by atoms with Gasteiger partial charge in [0.25, 0.3) is 0 Å². The highest BCUT2D eigenvalue weighted by molar-refractivity contribution is 4.88. The molecule has 0 aliphatic heterocycles. The summed E-state index contributed by atoms with van der Waals surface area (Å²) in [6.07, 6.45) is 6.06. The zero-order valence-corrected chi connectivity index (χ0v) is 8.03. The van der Waals surface area contributed by atoms with E-state index >= 15 is 0 Å². The third-order valence-corrected chi connectivity index (χ3v) is 3.15. The van der Waals surface area contributed by atoms with Crippen molar-refractivity contribution in [3.63, 3.8) is 0 Å². The Morgan fingerprint density at radius 3 is 2.58 bits per heavy atom. The Balaban J connectivity index is 2.04. The average Bonchev–Trinajstić information content (AvgIpc) is 2.02. The summed E-state index contributed by atoms with van der Waals surface area (Å²) in [4.78, 5) is 0. The fourth-order valence-corrected chi connectivity index (χ4v) is 1.88. The molecule has 1 N–H and O–H groups in total. The summed E-state index contributed by atoms with van der Waals surface area (Å²) in [6, 6.07) is 0. The van der Waals surface area contributed by atoms with E-state index in [1.165, 1.54) is 25.7 Å². The molecule has 0 aromatic heterocycles. The topological polar surface area (TPSA) is 12.0 Å². The van der Waals surface area contributed by atoms with Crippen molar-refractivity contribution in [1.29, 1.82) is 0 Å². The SMILES string of the molecule is CCC1(CNCCCF)CCC1. The summed E-state index contributed by atoms with van der Waals surface area (Å²) in [7, 11) is 0. The van der Waals surface area contributed by atoms with E-state index in [-0.39, 0.29) is 6.67 Å². The number of halogens is 1. The van der Waals surface area contributed by atoms with Crippen LogP contribution in [0.15, 0.2) is 0 Å². The summed E-state index contributed by atoms with van der Waals surface area (Å²) >= 11 is 0. The minimum Gasteiger partial charge on any atom is -0.316 e. The number of alkyl halides is 1. The predicted molar refractivity (Wildman–Crippen MR) is 50.0 cm³/mol. The van der Waals surface area contributed by atoms with Gasteiger partial charge in [0.05, 0.1) is 6.67 Å². The van der Waals surface area contributed by atoms with Crippen LogP contribution in [0.5, 0.6) is 0 Å². The smallest absolute Gasteiger partial charge is 0.0906 e. The first-order chi connectivity index (χ1) is 5.83. The van der Waals surface area contributed by atoms with Gasteiger partial charge in [-0.25, -0.2) is 0 Å². The summed E-state index contributed by atoms with van der Waals surface area (Å²) in [5.41, 5.74) is 0.580. The molecule has 12 heavy (non-hydrogen) atoms. The molecule has 1 nitrogen and oxygen atoms in total. The summed E-state index contributed by atoms with van der Waals surface area (Å²) < 4.78 is 11.8. The predicted octanol–water partition coefficient (Wildman–Crippen LogP) is 2.52. The number of hydrogen-bond donors (Lipinski definition) is 1. The first kappa shape index (κ1) is 9.97. The van der Waals surface area contributed by atoms with Crippen LogP contribution in [0.2, 0.25) is 0 Å². The second-order valence-electron chi connectivity index (χ2n) is 3.93. The molecule has 0 atom stereocenters. The maximum atomic E-state index is 11.8. The molecule has 1 fully saturated rings. The largest absolute Gasteiger partial charge is 0.316 e. The maximum Gasteiger partial charge on any atom is 0.0906 e. The Kier molecular flexibility index (Phi) is 3.99. The molecular formula is C10H20FN. The van der Waals surface area contributed by atoms with Crippen LogP contribution in [0, 0.1) is 5.41 Å². The first-order valence-corrected chi connectivity index (χ1v) is 5.10. The maximum absolute atomic E-state index is 11.8. The third kappa shape index (κ3) is 2.44. The van der Waals surface area contributed by atoms with Gasteiger partial charge in [-0.2, -0.15) is 0 Å². The first-order valence-electron chi connectivity index (χ1n) is 5.10. The Hall–Kier alpha value is -0.110. The molecule has 1 aliphatic carbocycles.